The van der Waals surface area contributed by atoms with Crippen molar-refractivity contribution in [1.29, 1.82) is 0 Å². The van der Waals surface area contributed by atoms with Crippen molar-refractivity contribution >= 4 is 0 Å². The van der Waals surface area contributed by atoms with Gasteiger partial charge in [-0.05, 0) is 49.3 Å². The zero-order valence-electron chi connectivity index (χ0n) is 10.3. The van der Waals surface area contributed by atoms with E-state index in [0.717, 1.165) is 24.8 Å². The van der Waals surface area contributed by atoms with Crippen molar-refractivity contribution in [2.45, 2.75) is 39.2 Å². The van der Waals surface area contributed by atoms with Gasteiger partial charge in [0.2, 0.25) is 0 Å². The second-order valence-corrected chi connectivity index (χ2v) is 5.00. The standard InChI is InChI=1S/C14H22N2/c1-3-6-16-14(13-8-11(13)2)9-12-5-4-7-15-10-12/h4-5,7,10-11,13-14,16H,3,6,8-9H2,1-2H3. The highest BCUT2D eigenvalue weighted by Crippen LogP contribution is 2.41. The third kappa shape index (κ3) is 3.05. The molecule has 88 valence electrons. The van der Waals surface area contributed by atoms with E-state index in [2.05, 4.69) is 30.2 Å². The van der Waals surface area contributed by atoms with Crippen molar-refractivity contribution in [3.05, 3.63) is 30.1 Å². The summed E-state index contributed by atoms with van der Waals surface area (Å²) in [7, 11) is 0. The van der Waals surface area contributed by atoms with Crippen LogP contribution in [0.2, 0.25) is 0 Å². The second-order valence-electron chi connectivity index (χ2n) is 5.00. The molecule has 1 N–H and O–H groups in total. The first-order valence-corrected chi connectivity index (χ1v) is 6.43. The van der Waals surface area contributed by atoms with Gasteiger partial charge in [0.1, 0.15) is 0 Å². The number of hydrogen-bond donors (Lipinski definition) is 1. The Kier molecular flexibility index (Phi) is 3.94. The fourth-order valence-electron chi connectivity index (χ4n) is 2.39. The molecule has 1 aliphatic rings. The van der Waals surface area contributed by atoms with Crippen LogP contribution in [0.5, 0.6) is 0 Å². The second kappa shape index (κ2) is 5.44. The Bertz CT molecular complexity index is 310. The third-order valence-electron chi connectivity index (χ3n) is 3.52. The van der Waals surface area contributed by atoms with Crippen LogP contribution in [0.15, 0.2) is 24.5 Å². The van der Waals surface area contributed by atoms with Gasteiger partial charge in [0.15, 0.2) is 0 Å². The number of hydrogen-bond acceptors (Lipinski definition) is 2. The van der Waals surface area contributed by atoms with E-state index in [0.29, 0.717) is 6.04 Å². The Morgan fingerprint density at radius 1 is 1.56 bits per heavy atom. The largest absolute Gasteiger partial charge is 0.313 e. The zero-order chi connectivity index (χ0) is 11.4. The van der Waals surface area contributed by atoms with Crippen LogP contribution in [0.4, 0.5) is 0 Å². The van der Waals surface area contributed by atoms with E-state index in [1.165, 1.54) is 18.4 Å². The lowest BCUT2D eigenvalue weighted by Gasteiger charge is -2.18. The molecule has 2 nitrogen and oxygen atoms in total. The normalized spacial score (nSPS) is 25.4. The first-order chi connectivity index (χ1) is 7.81. The Balaban J connectivity index is 1.91. The fourth-order valence-corrected chi connectivity index (χ4v) is 2.39. The molecular weight excluding hydrogens is 196 g/mol. The highest BCUT2D eigenvalue weighted by molar-refractivity contribution is 5.12. The molecule has 0 aromatic carbocycles. The minimum atomic E-state index is 0.652. The molecule has 0 aliphatic heterocycles. The molecule has 0 bridgehead atoms. The minimum Gasteiger partial charge on any atom is -0.313 e. The van der Waals surface area contributed by atoms with Crippen LogP contribution in [0.1, 0.15) is 32.3 Å². The van der Waals surface area contributed by atoms with Gasteiger partial charge in [-0.25, -0.2) is 0 Å². The van der Waals surface area contributed by atoms with Gasteiger partial charge in [0.25, 0.3) is 0 Å². The van der Waals surface area contributed by atoms with Crippen molar-refractivity contribution in [3.8, 4) is 0 Å². The highest BCUT2D eigenvalue weighted by Gasteiger charge is 2.38. The fraction of sp³-hybridized carbons (Fsp3) is 0.643. The van der Waals surface area contributed by atoms with Gasteiger partial charge in [-0.2, -0.15) is 0 Å². The number of pyridine rings is 1. The molecule has 0 amide bonds. The predicted octanol–water partition coefficient (Wildman–Crippen LogP) is 2.65. The van der Waals surface area contributed by atoms with Crippen LogP contribution in [0.25, 0.3) is 0 Å². The van der Waals surface area contributed by atoms with E-state index >= 15 is 0 Å². The number of nitrogens with zero attached hydrogens (tertiary/aromatic N) is 1. The van der Waals surface area contributed by atoms with Gasteiger partial charge in [-0.15, -0.1) is 0 Å². The number of rotatable bonds is 6. The molecule has 3 atom stereocenters. The molecule has 0 radical (unpaired) electrons. The minimum absolute atomic E-state index is 0.652. The summed E-state index contributed by atoms with van der Waals surface area (Å²) in [5, 5.41) is 3.68. The Hall–Kier alpha value is -0.890. The van der Waals surface area contributed by atoms with Crippen LogP contribution >= 0.6 is 0 Å². The van der Waals surface area contributed by atoms with Crippen LogP contribution in [0.3, 0.4) is 0 Å². The molecule has 2 heteroatoms. The molecule has 1 aliphatic carbocycles. The lowest BCUT2D eigenvalue weighted by molar-refractivity contribution is 0.443. The monoisotopic (exact) mass is 218 g/mol. The van der Waals surface area contributed by atoms with Gasteiger partial charge < -0.3 is 5.32 Å². The topological polar surface area (TPSA) is 24.9 Å². The molecule has 1 heterocycles. The average molecular weight is 218 g/mol. The molecule has 1 aromatic heterocycles. The molecule has 1 saturated carbocycles. The maximum absolute atomic E-state index is 4.19. The van der Waals surface area contributed by atoms with E-state index in [-0.39, 0.29) is 0 Å². The van der Waals surface area contributed by atoms with E-state index in [1.54, 1.807) is 0 Å². The summed E-state index contributed by atoms with van der Waals surface area (Å²) in [5.74, 6) is 1.79. The first kappa shape index (κ1) is 11.6. The zero-order valence-corrected chi connectivity index (χ0v) is 10.3. The Morgan fingerprint density at radius 2 is 2.38 bits per heavy atom. The van der Waals surface area contributed by atoms with Crippen molar-refractivity contribution in [2.24, 2.45) is 11.8 Å². The van der Waals surface area contributed by atoms with E-state index in [9.17, 15) is 0 Å². The van der Waals surface area contributed by atoms with Gasteiger partial charge in [-0.3, -0.25) is 4.98 Å². The molecular formula is C14H22N2. The summed E-state index contributed by atoms with van der Waals surface area (Å²) in [4.78, 5) is 4.19. The molecule has 0 spiro atoms. The Morgan fingerprint density at radius 3 is 2.94 bits per heavy atom. The lowest BCUT2D eigenvalue weighted by atomic mass is 10.0. The van der Waals surface area contributed by atoms with E-state index in [4.69, 9.17) is 0 Å². The lowest BCUT2D eigenvalue weighted by Crippen LogP contribution is -2.34. The van der Waals surface area contributed by atoms with Gasteiger partial charge >= 0.3 is 0 Å². The molecule has 1 fully saturated rings. The van der Waals surface area contributed by atoms with Crippen LogP contribution in [-0.4, -0.2) is 17.6 Å². The Labute approximate surface area is 98.5 Å². The summed E-state index contributed by atoms with van der Waals surface area (Å²) < 4.78 is 0. The molecule has 0 saturated heterocycles. The first-order valence-electron chi connectivity index (χ1n) is 6.43. The maximum Gasteiger partial charge on any atom is 0.0300 e. The van der Waals surface area contributed by atoms with Crippen molar-refractivity contribution < 1.29 is 0 Å². The summed E-state index contributed by atoms with van der Waals surface area (Å²) in [6.45, 7) is 5.72. The smallest absolute Gasteiger partial charge is 0.0300 e. The van der Waals surface area contributed by atoms with Gasteiger partial charge in [-0.1, -0.05) is 19.9 Å². The summed E-state index contributed by atoms with van der Waals surface area (Å²) in [5.41, 5.74) is 1.36. The van der Waals surface area contributed by atoms with Crippen LogP contribution in [-0.2, 0) is 6.42 Å². The van der Waals surface area contributed by atoms with E-state index < -0.39 is 0 Å². The quantitative estimate of drug-likeness (QED) is 0.794. The SMILES string of the molecule is CCCNC(Cc1cccnc1)C1CC1C. The number of aromatic nitrogens is 1. The molecule has 2 rings (SSSR count). The van der Waals surface area contributed by atoms with Gasteiger partial charge in [0, 0.05) is 18.4 Å². The molecule has 1 aromatic rings. The third-order valence-corrected chi connectivity index (χ3v) is 3.52. The maximum atomic E-state index is 4.19. The summed E-state index contributed by atoms with van der Waals surface area (Å²) >= 11 is 0. The highest BCUT2D eigenvalue weighted by atomic mass is 14.9. The van der Waals surface area contributed by atoms with Crippen LogP contribution < -0.4 is 5.32 Å². The van der Waals surface area contributed by atoms with Crippen molar-refractivity contribution in [3.63, 3.8) is 0 Å². The van der Waals surface area contributed by atoms with Crippen molar-refractivity contribution in [1.82, 2.24) is 10.3 Å². The average Bonchev–Trinajstić information content (AvgIpc) is 3.03. The summed E-state index contributed by atoms with van der Waals surface area (Å²) in [6.07, 6.45) is 7.57. The van der Waals surface area contributed by atoms with Gasteiger partial charge in [0.05, 0.1) is 0 Å². The number of nitrogens with one attached hydrogen (secondary N) is 1. The predicted molar refractivity (Wildman–Crippen MR) is 67.3 cm³/mol. The summed E-state index contributed by atoms with van der Waals surface area (Å²) in [6, 6.07) is 4.86. The molecule has 16 heavy (non-hydrogen) atoms. The molecule has 3 unspecified atom stereocenters. The van der Waals surface area contributed by atoms with Crippen LogP contribution in [0, 0.1) is 11.8 Å². The van der Waals surface area contributed by atoms with Crippen molar-refractivity contribution in [2.75, 3.05) is 6.54 Å². The van der Waals surface area contributed by atoms with E-state index in [1.807, 2.05) is 18.5 Å².